The van der Waals surface area contributed by atoms with E-state index in [1.807, 2.05) is 12.1 Å². The Morgan fingerprint density at radius 1 is 1.19 bits per heavy atom. The van der Waals surface area contributed by atoms with E-state index in [0.717, 1.165) is 18.6 Å². The molecule has 0 spiro atoms. The predicted octanol–water partition coefficient (Wildman–Crippen LogP) is 3.19. The van der Waals surface area contributed by atoms with Crippen LogP contribution >= 0.6 is 11.6 Å². The van der Waals surface area contributed by atoms with Crippen LogP contribution in [-0.2, 0) is 4.74 Å². The van der Waals surface area contributed by atoms with Gasteiger partial charge in [0.05, 0.1) is 13.2 Å². The summed E-state index contributed by atoms with van der Waals surface area (Å²) >= 11 is 5.75. The quantitative estimate of drug-likeness (QED) is 0.492. The van der Waals surface area contributed by atoms with Crippen molar-refractivity contribution in [1.29, 1.82) is 0 Å². The molecule has 0 N–H and O–H groups in total. The molecular formula is C16H24ClNO3. The molecule has 0 radical (unpaired) electrons. The van der Waals surface area contributed by atoms with Crippen LogP contribution in [-0.4, -0.2) is 50.1 Å². The maximum absolute atomic E-state index is 12.4. The van der Waals surface area contributed by atoms with E-state index in [4.69, 9.17) is 21.1 Å². The Hall–Kier alpha value is -1.26. The van der Waals surface area contributed by atoms with Crippen LogP contribution in [0.5, 0.6) is 5.75 Å². The molecule has 1 aromatic carbocycles. The zero-order chi connectivity index (χ0) is 15.5. The van der Waals surface area contributed by atoms with Gasteiger partial charge in [-0.2, -0.15) is 0 Å². The van der Waals surface area contributed by atoms with Gasteiger partial charge in [0, 0.05) is 31.6 Å². The molecule has 4 nitrogen and oxygen atoms in total. The maximum Gasteiger partial charge on any atom is 0.253 e. The Morgan fingerprint density at radius 2 is 1.90 bits per heavy atom. The van der Waals surface area contributed by atoms with Gasteiger partial charge in [-0.3, -0.25) is 4.79 Å². The molecule has 0 aliphatic heterocycles. The van der Waals surface area contributed by atoms with Gasteiger partial charge >= 0.3 is 0 Å². The van der Waals surface area contributed by atoms with Crippen LogP contribution in [0.25, 0.3) is 0 Å². The number of amides is 1. The van der Waals surface area contributed by atoms with E-state index in [1.54, 1.807) is 24.1 Å². The number of benzene rings is 1. The summed E-state index contributed by atoms with van der Waals surface area (Å²) < 4.78 is 10.6. The molecule has 0 aromatic heterocycles. The minimum atomic E-state index is -0.0344. The molecular weight excluding hydrogens is 290 g/mol. The van der Waals surface area contributed by atoms with Gasteiger partial charge in [0.15, 0.2) is 0 Å². The Morgan fingerprint density at radius 3 is 2.48 bits per heavy atom. The zero-order valence-electron chi connectivity index (χ0n) is 12.8. The molecule has 1 aromatic rings. The number of unbranched alkanes of at least 4 members (excludes halogenated alkanes) is 1. The molecule has 0 fully saturated rings. The first-order valence-electron chi connectivity index (χ1n) is 7.30. The summed E-state index contributed by atoms with van der Waals surface area (Å²) in [6, 6.07) is 7.24. The molecule has 0 unspecified atom stereocenters. The average molecular weight is 314 g/mol. The molecule has 0 atom stereocenters. The summed E-state index contributed by atoms with van der Waals surface area (Å²) in [4.78, 5) is 14.1. The van der Waals surface area contributed by atoms with Gasteiger partial charge in [-0.1, -0.05) is 13.3 Å². The Bertz CT molecular complexity index is 408. The SMILES string of the molecule is CCCCOc1ccc(C(=O)N(CCCl)CCOC)cc1. The number of ether oxygens (including phenoxy) is 2. The van der Waals surface area contributed by atoms with Crippen molar-refractivity contribution in [3.8, 4) is 5.75 Å². The molecule has 21 heavy (non-hydrogen) atoms. The number of alkyl halides is 1. The van der Waals surface area contributed by atoms with Gasteiger partial charge in [0.25, 0.3) is 5.91 Å². The molecule has 0 heterocycles. The Balaban J connectivity index is 2.62. The highest BCUT2D eigenvalue weighted by atomic mass is 35.5. The molecule has 118 valence electrons. The van der Waals surface area contributed by atoms with E-state index in [9.17, 15) is 4.79 Å². The summed E-state index contributed by atoms with van der Waals surface area (Å²) in [5, 5.41) is 0. The van der Waals surface area contributed by atoms with Crippen LogP contribution in [0.15, 0.2) is 24.3 Å². The second kappa shape index (κ2) is 10.5. The van der Waals surface area contributed by atoms with E-state index in [2.05, 4.69) is 6.92 Å². The van der Waals surface area contributed by atoms with Crippen LogP contribution in [0.2, 0.25) is 0 Å². The summed E-state index contributed by atoms with van der Waals surface area (Å²) in [5.41, 5.74) is 0.638. The fraction of sp³-hybridized carbons (Fsp3) is 0.562. The third-order valence-electron chi connectivity index (χ3n) is 3.07. The lowest BCUT2D eigenvalue weighted by molar-refractivity contribution is 0.0708. The van der Waals surface area contributed by atoms with Gasteiger partial charge in [-0.25, -0.2) is 0 Å². The second-order valence-electron chi connectivity index (χ2n) is 4.70. The number of carbonyl (C=O) groups excluding carboxylic acids is 1. The fourth-order valence-corrected chi connectivity index (χ4v) is 2.03. The summed E-state index contributed by atoms with van der Waals surface area (Å²) in [6.07, 6.45) is 2.13. The van der Waals surface area contributed by atoms with Gasteiger partial charge in [0.1, 0.15) is 5.75 Å². The average Bonchev–Trinajstić information content (AvgIpc) is 2.52. The van der Waals surface area contributed by atoms with Gasteiger partial charge in [0.2, 0.25) is 0 Å². The lowest BCUT2D eigenvalue weighted by Gasteiger charge is -2.21. The maximum atomic E-state index is 12.4. The molecule has 0 saturated carbocycles. The molecule has 0 saturated heterocycles. The van der Waals surface area contributed by atoms with Crippen molar-refractivity contribution in [2.45, 2.75) is 19.8 Å². The lowest BCUT2D eigenvalue weighted by atomic mass is 10.2. The monoisotopic (exact) mass is 313 g/mol. The number of carbonyl (C=O) groups is 1. The van der Waals surface area contributed by atoms with Crippen molar-refractivity contribution in [3.63, 3.8) is 0 Å². The largest absolute Gasteiger partial charge is 0.494 e. The van der Waals surface area contributed by atoms with Crippen LogP contribution in [0.1, 0.15) is 30.1 Å². The van der Waals surface area contributed by atoms with Crippen molar-refractivity contribution < 1.29 is 14.3 Å². The number of nitrogens with zero attached hydrogens (tertiary/aromatic N) is 1. The molecule has 0 aliphatic carbocycles. The summed E-state index contributed by atoms with van der Waals surface area (Å²) in [7, 11) is 1.62. The minimum Gasteiger partial charge on any atom is -0.494 e. The van der Waals surface area contributed by atoms with E-state index in [-0.39, 0.29) is 5.91 Å². The Labute approximate surface area is 132 Å². The fourth-order valence-electron chi connectivity index (χ4n) is 1.83. The first-order valence-corrected chi connectivity index (χ1v) is 7.83. The smallest absolute Gasteiger partial charge is 0.253 e. The van der Waals surface area contributed by atoms with E-state index in [0.29, 0.717) is 37.7 Å². The highest BCUT2D eigenvalue weighted by molar-refractivity contribution is 6.18. The number of hydrogen-bond acceptors (Lipinski definition) is 3. The number of halogens is 1. The van der Waals surface area contributed by atoms with E-state index in [1.165, 1.54) is 0 Å². The zero-order valence-corrected chi connectivity index (χ0v) is 13.6. The van der Waals surface area contributed by atoms with Crippen molar-refractivity contribution in [2.24, 2.45) is 0 Å². The first-order chi connectivity index (χ1) is 10.2. The van der Waals surface area contributed by atoms with Crippen LogP contribution < -0.4 is 4.74 Å². The number of hydrogen-bond donors (Lipinski definition) is 0. The lowest BCUT2D eigenvalue weighted by Crippen LogP contribution is -2.35. The third-order valence-corrected chi connectivity index (χ3v) is 3.24. The van der Waals surface area contributed by atoms with Crippen molar-refractivity contribution >= 4 is 17.5 Å². The van der Waals surface area contributed by atoms with Crippen LogP contribution in [0, 0.1) is 0 Å². The normalized spacial score (nSPS) is 10.4. The van der Waals surface area contributed by atoms with E-state index < -0.39 is 0 Å². The minimum absolute atomic E-state index is 0.0344. The van der Waals surface area contributed by atoms with Crippen molar-refractivity contribution in [3.05, 3.63) is 29.8 Å². The molecule has 1 amide bonds. The van der Waals surface area contributed by atoms with Crippen molar-refractivity contribution in [2.75, 3.05) is 39.3 Å². The standard InChI is InChI=1S/C16H24ClNO3/c1-3-4-12-21-15-7-5-14(6-8-15)16(19)18(10-9-17)11-13-20-2/h5-8H,3-4,9-13H2,1-2H3. The molecule has 5 heteroatoms. The van der Waals surface area contributed by atoms with Gasteiger partial charge < -0.3 is 14.4 Å². The summed E-state index contributed by atoms with van der Waals surface area (Å²) in [5.74, 6) is 1.17. The van der Waals surface area contributed by atoms with Gasteiger partial charge in [-0.05, 0) is 30.7 Å². The van der Waals surface area contributed by atoms with Gasteiger partial charge in [-0.15, -0.1) is 11.6 Å². The molecule has 0 aliphatic rings. The van der Waals surface area contributed by atoms with Crippen LogP contribution in [0.3, 0.4) is 0 Å². The molecule has 0 bridgehead atoms. The van der Waals surface area contributed by atoms with Crippen LogP contribution in [0.4, 0.5) is 0 Å². The first kappa shape index (κ1) is 17.8. The number of methoxy groups -OCH3 is 1. The van der Waals surface area contributed by atoms with Crippen molar-refractivity contribution in [1.82, 2.24) is 4.90 Å². The number of rotatable bonds is 10. The summed E-state index contributed by atoms with van der Waals surface area (Å²) in [6.45, 7) is 4.38. The predicted molar refractivity (Wildman–Crippen MR) is 85.3 cm³/mol. The highest BCUT2D eigenvalue weighted by Gasteiger charge is 2.14. The molecule has 1 rings (SSSR count). The van der Waals surface area contributed by atoms with E-state index >= 15 is 0 Å². The topological polar surface area (TPSA) is 38.8 Å². The Kier molecular flexibility index (Phi) is 8.87. The highest BCUT2D eigenvalue weighted by Crippen LogP contribution is 2.14. The third kappa shape index (κ3) is 6.36. The second-order valence-corrected chi connectivity index (χ2v) is 5.08.